The standard InChI is InChI=1S/C12H11ClN4O3S/c13-11-12(17-4-2-1-3-10(17)15-11)21(18,19)16-5-6-20-9(7-14)8-16/h1-4,9H,5-6,8H2. The third kappa shape index (κ3) is 2.38. The van der Waals surface area contributed by atoms with Crippen molar-refractivity contribution in [2.24, 2.45) is 0 Å². The molecule has 1 aliphatic heterocycles. The summed E-state index contributed by atoms with van der Waals surface area (Å²) in [6.45, 7) is 0.331. The van der Waals surface area contributed by atoms with Gasteiger partial charge in [-0.2, -0.15) is 9.57 Å². The second-order valence-corrected chi connectivity index (χ2v) is 6.70. The molecule has 2 aromatic rings. The number of nitriles is 1. The molecular weight excluding hydrogens is 316 g/mol. The van der Waals surface area contributed by atoms with Gasteiger partial charge in [-0.05, 0) is 12.1 Å². The minimum absolute atomic E-state index is 0.0186. The smallest absolute Gasteiger partial charge is 0.262 e. The Balaban J connectivity index is 2.09. The van der Waals surface area contributed by atoms with Gasteiger partial charge in [0, 0.05) is 12.7 Å². The first-order valence-electron chi connectivity index (χ1n) is 6.18. The zero-order valence-electron chi connectivity index (χ0n) is 10.8. The van der Waals surface area contributed by atoms with E-state index in [2.05, 4.69) is 4.98 Å². The largest absolute Gasteiger partial charge is 0.361 e. The van der Waals surface area contributed by atoms with Gasteiger partial charge in [0.05, 0.1) is 19.2 Å². The lowest BCUT2D eigenvalue weighted by Gasteiger charge is -2.28. The normalized spacial score (nSPS) is 20.5. The molecule has 0 bridgehead atoms. The molecule has 0 radical (unpaired) electrons. The highest BCUT2D eigenvalue weighted by molar-refractivity contribution is 7.89. The van der Waals surface area contributed by atoms with E-state index in [0.717, 1.165) is 0 Å². The van der Waals surface area contributed by atoms with Gasteiger partial charge < -0.3 is 4.74 Å². The molecule has 0 aliphatic carbocycles. The lowest BCUT2D eigenvalue weighted by molar-refractivity contribution is 0.0310. The molecule has 1 saturated heterocycles. The molecule has 3 heterocycles. The van der Waals surface area contributed by atoms with E-state index in [1.165, 1.54) is 8.71 Å². The lowest BCUT2D eigenvalue weighted by Crippen LogP contribution is -2.45. The summed E-state index contributed by atoms with van der Waals surface area (Å²) in [5.74, 6) is 0. The molecule has 1 fully saturated rings. The van der Waals surface area contributed by atoms with Crippen molar-refractivity contribution in [2.45, 2.75) is 11.1 Å². The van der Waals surface area contributed by atoms with Gasteiger partial charge in [0.2, 0.25) is 0 Å². The Morgan fingerprint density at radius 1 is 1.48 bits per heavy atom. The molecule has 1 aliphatic rings. The predicted octanol–water partition coefficient (Wildman–Crippen LogP) is 0.901. The van der Waals surface area contributed by atoms with Crippen molar-refractivity contribution in [1.29, 1.82) is 5.26 Å². The third-order valence-corrected chi connectivity index (χ3v) is 5.47. The molecule has 9 heteroatoms. The first-order valence-corrected chi connectivity index (χ1v) is 8.00. The molecular formula is C12H11ClN4O3S. The van der Waals surface area contributed by atoms with Gasteiger partial charge in [-0.25, -0.2) is 13.4 Å². The third-order valence-electron chi connectivity index (χ3n) is 3.20. The van der Waals surface area contributed by atoms with Crippen LogP contribution in [0.1, 0.15) is 0 Å². The van der Waals surface area contributed by atoms with Gasteiger partial charge in [-0.15, -0.1) is 0 Å². The molecule has 7 nitrogen and oxygen atoms in total. The summed E-state index contributed by atoms with van der Waals surface area (Å²) < 4.78 is 33.3. The number of halogens is 1. The van der Waals surface area contributed by atoms with Gasteiger partial charge in [0.1, 0.15) is 5.65 Å². The molecule has 1 unspecified atom stereocenters. The Morgan fingerprint density at radius 2 is 2.29 bits per heavy atom. The summed E-state index contributed by atoms with van der Waals surface area (Å²) in [4.78, 5) is 4.04. The maximum atomic E-state index is 12.8. The monoisotopic (exact) mass is 326 g/mol. The van der Waals surface area contributed by atoms with E-state index in [4.69, 9.17) is 21.6 Å². The van der Waals surface area contributed by atoms with Crippen molar-refractivity contribution < 1.29 is 13.2 Å². The van der Waals surface area contributed by atoms with E-state index in [9.17, 15) is 8.42 Å². The average Bonchev–Trinajstić information content (AvgIpc) is 2.83. The molecule has 110 valence electrons. The average molecular weight is 327 g/mol. The maximum Gasteiger partial charge on any atom is 0.262 e. The lowest BCUT2D eigenvalue weighted by atomic mass is 10.3. The van der Waals surface area contributed by atoms with Crippen LogP contribution < -0.4 is 0 Å². The highest BCUT2D eigenvalue weighted by Gasteiger charge is 2.34. The van der Waals surface area contributed by atoms with Gasteiger partial charge in [0.15, 0.2) is 16.3 Å². The topological polar surface area (TPSA) is 87.7 Å². The van der Waals surface area contributed by atoms with E-state index in [0.29, 0.717) is 5.65 Å². The van der Waals surface area contributed by atoms with Crippen LogP contribution in [0.15, 0.2) is 29.4 Å². The van der Waals surface area contributed by atoms with E-state index in [1.807, 2.05) is 6.07 Å². The number of hydrogen-bond acceptors (Lipinski definition) is 5. The Hall–Kier alpha value is -1.66. The fourth-order valence-corrected chi connectivity index (χ4v) is 4.24. The van der Waals surface area contributed by atoms with Crippen LogP contribution >= 0.6 is 11.6 Å². The van der Waals surface area contributed by atoms with E-state index >= 15 is 0 Å². The number of aromatic nitrogens is 2. The van der Waals surface area contributed by atoms with Gasteiger partial charge in [-0.3, -0.25) is 4.40 Å². The quantitative estimate of drug-likeness (QED) is 0.818. The highest BCUT2D eigenvalue weighted by Crippen LogP contribution is 2.26. The summed E-state index contributed by atoms with van der Waals surface area (Å²) in [6, 6.07) is 7.03. The second-order valence-electron chi connectivity index (χ2n) is 4.49. The molecule has 0 saturated carbocycles. The fraction of sp³-hybridized carbons (Fsp3) is 0.333. The number of ether oxygens (including phenoxy) is 1. The fourth-order valence-electron chi connectivity index (χ4n) is 2.22. The zero-order valence-corrected chi connectivity index (χ0v) is 12.4. The van der Waals surface area contributed by atoms with Crippen molar-refractivity contribution in [3.8, 4) is 6.07 Å². The highest BCUT2D eigenvalue weighted by atomic mass is 35.5. The predicted molar refractivity (Wildman–Crippen MR) is 74.3 cm³/mol. The van der Waals surface area contributed by atoms with Crippen molar-refractivity contribution in [1.82, 2.24) is 13.7 Å². The number of sulfonamides is 1. The van der Waals surface area contributed by atoms with Crippen LogP contribution in [0.4, 0.5) is 0 Å². The van der Waals surface area contributed by atoms with Crippen molar-refractivity contribution in [3.63, 3.8) is 0 Å². The van der Waals surface area contributed by atoms with Crippen LogP contribution in [0.2, 0.25) is 5.15 Å². The van der Waals surface area contributed by atoms with E-state index in [-0.39, 0.29) is 29.9 Å². The van der Waals surface area contributed by atoms with Gasteiger partial charge >= 0.3 is 0 Å². The number of rotatable bonds is 2. The summed E-state index contributed by atoms with van der Waals surface area (Å²) in [5.41, 5.74) is 0.450. The minimum Gasteiger partial charge on any atom is -0.361 e. The molecule has 3 rings (SSSR count). The number of nitrogens with zero attached hydrogens (tertiary/aromatic N) is 4. The van der Waals surface area contributed by atoms with Gasteiger partial charge in [-0.1, -0.05) is 17.7 Å². The molecule has 2 aromatic heterocycles. The Morgan fingerprint density at radius 3 is 3.05 bits per heavy atom. The number of pyridine rings is 1. The number of hydrogen-bond donors (Lipinski definition) is 0. The minimum atomic E-state index is -3.85. The molecule has 0 spiro atoms. The number of imidazole rings is 1. The van der Waals surface area contributed by atoms with Crippen LogP contribution in [0.3, 0.4) is 0 Å². The molecule has 0 amide bonds. The molecule has 0 aromatic carbocycles. The van der Waals surface area contributed by atoms with Gasteiger partial charge in [0.25, 0.3) is 10.0 Å². The maximum absolute atomic E-state index is 12.8. The zero-order chi connectivity index (χ0) is 15.0. The molecule has 0 N–H and O–H groups in total. The first-order chi connectivity index (χ1) is 10.0. The molecule has 1 atom stereocenters. The Labute approximate surface area is 126 Å². The number of fused-ring (bicyclic) bond motifs is 1. The van der Waals surface area contributed by atoms with Crippen LogP contribution in [-0.2, 0) is 14.8 Å². The molecule has 21 heavy (non-hydrogen) atoms. The van der Waals surface area contributed by atoms with Crippen molar-refractivity contribution >= 4 is 27.3 Å². The number of morpholine rings is 1. The van der Waals surface area contributed by atoms with Crippen LogP contribution in [-0.4, -0.2) is 47.9 Å². The van der Waals surface area contributed by atoms with E-state index in [1.54, 1.807) is 24.4 Å². The first kappa shape index (κ1) is 14.3. The van der Waals surface area contributed by atoms with Crippen molar-refractivity contribution in [3.05, 3.63) is 29.5 Å². The van der Waals surface area contributed by atoms with Crippen LogP contribution in [0.5, 0.6) is 0 Å². The summed E-state index contributed by atoms with van der Waals surface area (Å²) >= 11 is 6.01. The Bertz CT molecular complexity index is 827. The summed E-state index contributed by atoms with van der Waals surface area (Å²) in [7, 11) is -3.85. The summed E-state index contributed by atoms with van der Waals surface area (Å²) in [5, 5.41) is 8.72. The summed E-state index contributed by atoms with van der Waals surface area (Å²) in [6.07, 6.45) is 0.815. The second kappa shape index (κ2) is 5.27. The van der Waals surface area contributed by atoms with E-state index < -0.39 is 16.1 Å². The SMILES string of the molecule is N#CC1CN(S(=O)(=O)c2c(Cl)nc3ccccn23)CCO1. The van der Waals surface area contributed by atoms with Crippen LogP contribution in [0.25, 0.3) is 5.65 Å². The Kier molecular flexibility index (Phi) is 3.59. The van der Waals surface area contributed by atoms with Crippen molar-refractivity contribution in [2.75, 3.05) is 19.7 Å². The van der Waals surface area contributed by atoms with Crippen LogP contribution in [0, 0.1) is 11.3 Å².